The number of hydrogen-bond acceptors (Lipinski definition) is 8. The van der Waals surface area contributed by atoms with Crippen LogP contribution in [0.5, 0.6) is 0 Å². The Bertz CT molecular complexity index is 1430. The highest BCUT2D eigenvalue weighted by atomic mass is 19.1. The van der Waals surface area contributed by atoms with Crippen LogP contribution in [0, 0.1) is 11.7 Å². The second-order valence-electron chi connectivity index (χ2n) is 8.32. The molecule has 5 N–H and O–H groups in total. The van der Waals surface area contributed by atoms with E-state index in [1.807, 2.05) is 30.3 Å². The molecule has 4 heterocycles. The number of piperidine rings is 1. The molecule has 5 rings (SSSR count). The van der Waals surface area contributed by atoms with Gasteiger partial charge in [0.25, 0.3) is 11.7 Å². The SMILES string of the molecule is N/N=C(/C1CCN(C(=O)C(=O)c2c[nH]c3c(-n4ccnn4)ncc(F)c23)CC1)N(N)c1ccccc1. The Hall–Kier alpha value is -4.65. The first-order chi connectivity index (χ1) is 17.5. The van der Waals surface area contributed by atoms with E-state index >= 15 is 0 Å². The molecule has 0 aliphatic carbocycles. The summed E-state index contributed by atoms with van der Waals surface area (Å²) >= 11 is 0. The summed E-state index contributed by atoms with van der Waals surface area (Å²) in [5.41, 5.74) is 0.902. The number of hydrazone groups is 1. The molecular weight excluding hydrogens is 467 g/mol. The van der Waals surface area contributed by atoms with Gasteiger partial charge in [-0.3, -0.25) is 14.6 Å². The zero-order valence-electron chi connectivity index (χ0n) is 19.1. The van der Waals surface area contributed by atoms with Crippen molar-refractivity contribution in [3.63, 3.8) is 0 Å². The molecule has 12 nitrogen and oxygen atoms in total. The molecule has 1 aromatic carbocycles. The Morgan fingerprint density at radius 3 is 2.61 bits per heavy atom. The van der Waals surface area contributed by atoms with E-state index < -0.39 is 17.5 Å². The molecule has 1 aliphatic rings. The van der Waals surface area contributed by atoms with Gasteiger partial charge in [0.2, 0.25) is 0 Å². The van der Waals surface area contributed by atoms with Crippen molar-refractivity contribution in [1.29, 1.82) is 0 Å². The number of benzene rings is 1. The van der Waals surface area contributed by atoms with Crippen LogP contribution in [0.1, 0.15) is 23.2 Å². The minimum atomic E-state index is -0.813. The third-order valence-corrected chi connectivity index (χ3v) is 6.28. The molecule has 0 saturated carbocycles. The van der Waals surface area contributed by atoms with E-state index in [1.54, 1.807) is 0 Å². The van der Waals surface area contributed by atoms with Crippen molar-refractivity contribution in [3.05, 3.63) is 66.5 Å². The number of Topliss-reactive ketones (excluding diaryl/α,β-unsaturated/α-hetero) is 1. The number of hydrazine groups is 1. The normalized spacial score (nSPS) is 14.8. The van der Waals surface area contributed by atoms with Crippen molar-refractivity contribution in [2.24, 2.45) is 22.7 Å². The number of fused-ring (bicyclic) bond motifs is 1. The maximum absolute atomic E-state index is 14.7. The Labute approximate surface area is 204 Å². The number of nitrogens with two attached hydrogens (primary N) is 2. The first-order valence-corrected chi connectivity index (χ1v) is 11.2. The van der Waals surface area contributed by atoms with E-state index in [4.69, 9.17) is 11.7 Å². The third-order valence-electron chi connectivity index (χ3n) is 6.28. The summed E-state index contributed by atoms with van der Waals surface area (Å²) in [5.74, 6) is 10.3. The summed E-state index contributed by atoms with van der Waals surface area (Å²) < 4.78 is 16.1. The van der Waals surface area contributed by atoms with Gasteiger partial charge in [-0.25, -0.2) is 19.9 Å². The Morgan fingerprint density at radius 2 is 1.94 bits per heavy atom. The molecule has 0 radical (unpaired) electrons. The van der Waals surface area contributed by atoms with Crippen LogP contribution in [0.2, 0.25) is 0 Å². The minimum absolute atomic E-state index is 0.0251. The maximum Gasteiger partial charge on any atom is 0.295 e. The van der Waals surface area contributed by atoms with Gasteiger partial charge < -0.3 is 15.7 Å². The van der Waals surface area contributed by atoms with Crippen LogP contribution in [0.4, 0.5) is 10.1 Å². The largest absolute Gasteiger partial charge is 0.357 e. The smallest absolute Gasteiger partial charge is 0.295 e. The molecule has 0 unspecified atom stereocenters. The highest BCUT2D eigenvalue weighted by molar-refractivity contribution is 6.45. The first-order valence-electron chi connectivity index (χ1n) is 11.2. The molecule has 0 atom stereocenters. The number of halogens is 1. The highest BCUT2D eigenvalue weighted by Crippen LogP contribution is 2.27. The van der Waals surface area contributed by atoms with Gasteiger partial charge in [-0.05, 0) is 25.0 Å². The number of ketones is 1. The van der Waals surface area contributed by atoms with Crippen LogP contribution in [0.15, 0.2) is 60.2 Å². The van der Waals surface area contributed by atoms with E-state index in [1.165, 1.54) is 33.2 Å². The molecule has 0 spiro atoms. The van der Waals surface area contributed by atoms with Crippen molar-refractivity contribution >= 4 is 34.1 Å². The predicted octanol–water partition coefficient (Wildman–Crippen LogP) is 1.36. The second kappa shape index (κ2) is 9.54. The first kappa shape index (κ1) is 23.1. The van der Waals surface area contributed by atoms with E-state index in [0.29, 0.717) is 31.8 Å². The van der Waals surface area contributed by atoms with Crippen molar-refractivity contribution in [2.45, 2.75) is 12.8 Å². The van der Waals surface area contributed by atoms with E-state index in [-0.39, 0.29) is 28.2 Å². The van der Waals surface area contributed by atoms with Crippen molar-refractivity contribution in [2.75, 3.05) is 18.1 Å². The van der Waals surface area contributed by atoms with Crippen LogP contribution in [-0.4, -0.2) is 60.5 Å². The monoisotopic (exact) mass is 490 g/mol. The summed E-state index contributed by atoms with van der Waals surface area (Å²) in [4.78, 5) is 34.5. The lowest BCUT2D eigenvalue weighted by Crippen LogP contribution is -2.48. The molecule has 184 valence electrons. The molecule has 0 bridgehead atoms. The van der Waals surface area contributed by atoms with Gasteiger partial charge in [-0.2, -0.15) is 5.10 Å². The maximum atomic E-state index is 14.7. The summed E-state index contributed by atoms with van der Waals surface area (Å²) in [5, 5.41) is 12.9. The molecule has 13 heteroatoms. The number of para-hydroxylation sites is 1. The molecule has 1 aliphatic heterocycles. The topological polar surface area (TPSA) is 164 Å². The number of rotatable bonds is 5. The predicted molar refractivity (Wildman–Crippen MR) is 129 cm³/mol. The lowest BCUT2D eigenvalue weighted by molar-refractivity contribution is -0.127. The number of amides is 1. The molecule has 36 heavy (non-hydrogen) atoms. The molecule has 1 amide bonds. The fraction of sp³-hybridized carbons (Fsp3) is 0.217. The number of aromatic nitrogens is 5. The quantitative estimate of drug-likeness (QED) is 0.0942. The number of nitrogens with zero attached hydrogens (tertiary/aromatic N) is 7. The van der Waals surface area contributed by atoms with Crippen LogP contribution >= 0.6 is 0 Å². The van der Waals surface area contributed by atoms with Gasteiger partial charge in [0.15, 0.2) is 11.6 Å². The lowest BCUT2D eigenvalue weighted by atomic mass is 9.94. The molecule has 1 saturated heterocycles. The minimum Gasteiger partial charge on any atom is -0.357 e. The van der Waals surface area contributed by atoms with Crippen molar-refractivity contribution in [1.82, 2.24) is 29.9 Å². The molecule has 3 aromatic heterocycles. The average Bonchev–Trinajstić information content (AvgIpc) is 3.61. The average molecular weight is 491 g/mol. The number of carbonyl (C=O) groups is 2. The standard InChI is InChI=1S/C23H23FN10O2/c24-17-13-28-22(33-11-8-29-31-33)19-18(17)16(12-27-19)20(35)23(36)32-9-6-14(7-10-32)21(30-25)34(26)15-4-2-1-3-5-15/h1-5,8,11-14,27H,6-7,9-10,25-26H2/b30-21-. The van der Waals surface area contributed by atoms with Crippen molar-refractivity contribution in [3.8, 4) is 5.82 Å². The van der Waals surface area contributed by atoms with Gasteiger partial charge in [-0.15, -0.1) is 5.10 Å². The van der Waals surface area contributed by atoms with E-state index in [9.17, 15) is 14.0 Å². The van der Waals surface area contributed by atoms with Crippen molar-refractivity contribution < 1.29 is 14.0 Å². The second-order valence-corrected chi connectivity index (χ2v) is 8.32. The fourth-order valence-corrected chi connectivity index (χ4v) is 4.45. The number of hydrogen-bond donors (Lipinski definition) is 3. The fourth-order valence-electron chi connectivity index (χ4n) is 4.45. The highest BCUT2D eigenvalue weighted by Gasteiger charge is 2.33. The summed E-state index contributed by atoms with van der Waals surface area (Å²) in [6, 6.07) is 9.27. The number of pyridine rings is 1. The Balaban J connectivity index is 1.31. The summed E-state index contributed by atoms with van der Waals surface area (Å²) in [6.45, 7) is 0.598. The van der Waals surface area contributed by atoms with E-state index in [2.05, 4.69) is 25.4 Å². The Morgan fingerprint density at radius 1 is 1.19 bits per heavy atom. The van der Waals surface area contributed by atoms with Gasteiger partial charge in [-0.1, -0.05) is 23.4 Å². The molecule has 4 aromatic rings. The van der Waals surface area contributed by atoms with Crippen LogP contribution in [0.25, 0.3) is 16.7 Å². The van der Waals surface area contributed by atoms with Crippen LogP contribution < -0.4 is 16.7 Å². The van der Waals surface area contributed by atoms with Gasteiger partial charge in [0.05, 0.1) is 40.7 Å². The number of H-pyrrole nitrogens is 1. The zero-order valence-corrected chi connectivity index (χ0v) is 19.1. The van der Waals surface area contributed by atoms with Gasteiger partial charge in [0.1, 0.15) is 5.84 Å². The number of carbonyl (C=O) groups excluding carboxylic acids is 2. The number of aromatic amines is 1. The van der Waals surface area contributed by atoms with Crippen LogP contribution in [0.3, 0.4) is 0 Å². The van der Waals surface area contributed by atoms with Crippen LogP contribution in [-0.2, 0) is 4.79 Å². The Kier molecular flexibility index (Phi) is 6.12. The number of amidine groups is 1. The number of likely N-dealkylation sites (tertiary alicyclic amines) is 1. The number of anilines is 1. The van der Waals surface area contributed by atoms with Gasteiger partial charge in [0, 0.05) is 25.2 Å². The number of nitrogens with one attached hydrogen (secondary N) is 1. The van der Waals surface area contributed by atoms with E-state index in [0.717, 1.165) is 11.9 Å². The zero-order chi connectivity index (χ0) is 25.2. The molecule has 1 fully saturated rings. The van der Waals surface area contributed by atoms with Gasteiger partial charge >= 0.3 is 0 Å². The third kappa shape index (κ3) is 4.05. The summed E-state index contributed by atoms with van der Waals surface area (Å²) in [6.07, 6.45) is 6.31. The molecular formula is C23H23FN10O2. The summed E-state index contributed by atoms with van der Waals surface area (Å²) in [7, 11) is 0. The lowest BCUT2D eigenvalue weighted by Gasteiger charge is -2.34.